The molecule has 170 valence electrons. The topological polar surface area (TPSA) is 93.6 Å². The second kappa shape index (κ2) is 9.02. The summed E-state index contributed by atoms with van der Waals surface area (Å²) in [6.45, 7) is 0.382. The summed E-state index contributed by atoms with van der Waals surface area (Å²) in [5, 5.41) is 4.93. The number of fused-ring (bicyclic) bond motifs is 4. The number of aromatic amines is 1. The molecule has 0 unspecified atom stereocenters. The molecular formula is C26H26N2O5. The van der Waals surface area contributed by atoms with Gasteiger partial charge >= 0.3 is 5.63 Å². The number of methoxy groups -OCH3 is 1. The standard InChI is InChI=1S/C26H26N2O5/c1-31-17-7-9-23-22(12-17)16(14-28-23)10-11-27-25(29)15-32-18-6-8-20-19-4-2-3-5-21(19)26(30)33-24(20)13-18/h6-9,12-14,28H,2-5,10-11,15H2,1H3,(H,27,29). The lowest BCUT2D eigenvalue weighted by Gasteiger charge is -2.16. The molecule has 0 radical (unpaired) electrons. The van der Waals surface area contributed by atoms with Gasteiger partial charge in [0.1, 0.15) is 17.1 Å². The maximum absolute atomic E-state index is 12.3. The van der Waals surface area contributed by atoms with E-state index < -0.39 is 0 Å². The number of benzene rings is 2. The van der Waals surface area contributed by atoms with Gasteiger partial charge in [-0.25, -0.2) is 4.79 Å². The van der Waals surface area contributed by atoms with Gasteiger partial charge in [0.2, 0.25) is 0 Å². The minimum Gasteiger partial charge on any atom is -0.497 e. The Kier molecular flexibility index (Phi) is 5.77. The van der Waals surface area contributed by atoms with E-state index in [2.05, 4.69) is 10.3 Å². The van der Waals surface area contributed by atoms with Crippen molar-refractivity contribution < 1.29 is 18.7 Å². The third kappa shape index (κ3) is 4.31. The third-order valence-corrected chi connectivity index (χ3v) is 6.26. The van der Waals surface area contributed by atoms with Crippen LogP contribution < -0.4 is 20.4 Å². The smallest absolute Gasteiger partial charge is 0.339 e. The molecular weight excluding hydrogens is 420 g/mol. The van der Waals surface area contributed by atoms with Crippen LogP contribution in [0.25, 0.3) is 21.9 Å². The normalized spacial score (nSPS) is 13.1. The molecule has 0 bridgehead atoms. The third-order valence-electron chi connectivity index (χ3n) is 6.26. The Balaban J connectivity index is 1.19. The largest absolute Gasteiger partial charge is 0.497 e. The van der Waals surface area contributed by atoms with Gasteiger partial charge < -0.3 is 24.2 Å². The summed E-state index contributed by atoms with van der Waals surface area (Å²) in [6, 6.07) is 11.3. The van der Waals surface area contributed by atoms with Gasteiger partial charge in [0.05, 0.1) is 7.11 Å². The molecule has 0 atom stereocenters. The zero-order valence-electron chi connectivity index (χ0n) is 18.5. The average molecular weight is 447 g/mol. The first-order chi connectivity index (χ1) is 16.1. The molecule has 2 heterocycles. The summed E-state index contributed by atoms with van der Waals surface area (Å²) in [5.41, 5.74) is 4.28. The van der Waals surface area contributed by atoms with Crippen LogP contribution in [-0.2, 0) is 24.1 Å². The summed E-state index contributed by atoms with van der Waals surface area (Å²) in [5.74, 6) is 1.09. The molecule has 7 nitrogen and oxygen atoms in total. The Hall–Kier alpha value is -3.74. The number of rotatable bonds is 7. The zero-order chi connectivity index (χ0) is 22.8. The highest BCUT2D eigenvalue weighted by molar-refractivity contribution is 5.85. The van der Waals surface area contributed by atoms with Crippen LogP contribution in [0.4, 0.5) is 0 Å². The van der Waals surface area contributed by atoms with Crippen LogP contribution >= 0.6 is 0 Å². The number of aryl methyl sites for hydroxylation is 1. The molecule has 0 saturated carbocycles. The van der Waals surface area contributed by atoms with E-state index in [0.717, 1.165) is 64.4 Å². The Morgan fingerprint density at radius 2 is 1.88 bits per heavy atom. The maximum Gasteiger partial charge on any atom is 0.339 e. The van der Waals surface area contributed by atoms with E-state index in [9.17, 15) is 9.59 Å². The number of nitrogens with one attached hydrogen (secondary N) is 2. The first-order valence-electron chi connectivity index (χ1n) is 11.2. The first-order valence-corrected chi connectivity index (χ1v) is 11.2. The summed E-state index contributed by atoms with van der Waals surface area (Å²) in [4.78, 5) is 27.8. The van der Waals surface area contributed by atoms with Crippen molar-refractivity contribution in [2.24, 2.45) is 0 Å². The number of aromatic nitrogens is 1. The van der Waals surface area contributed by atoms with Crippen molar-refractivity contribution in [1.82, 2.24) is 10.3 Å². The van der Waals surface area contributed by atoms with E-state index in [0.29, 0.717) is 24.3 Å². The number of hydrogen-bond acceptors (Lipinski definition) is 5. The lowest BCUT2D eigenvalue weighted by Crippen LogP contribution is -2.30. The van der Waals surface area contributed by atoms with E-state index in [1.165, 1.54) is 0 Å². The summed E-state index contributed by atoms with van der Waals surface area (Å²) in [7, 11) is 1.64. The predicted octanol–water partition coefficient (Wildman–Crippen LogP) is 3.90. The molecule has 0 spiro atoms. The van der Waals surface area contributed by atoms with E-state index in [1.54, 1.807) is 13.2 Å². The molecule has 1 aliphatic rings. The molecule has 4 aromatic rings. The molecule has 2 aromatic carbocycles. The van der Waals surface area contributed by atoms with Crippen LogP contribution in [0.5, 0.6) is 11.5 Å². The summed E-state index contributed by atoms with van der Waals surface area (Å²) in [6.07, 6.45) is 6.41. The van der Waals surface area contributed by atoms with Gasteiger partial charge in [0.25, 0.3) is 5.91 Å². The van der Waals surface area contributed by atoms with Crippen LogP contribution in [0, 0.1) is 0 Å². The average Bonchev–Trinajstić information content (AvgIpc) is 3.25. The highest BCUT2D eigenvalue weighted by Gasteiger charge is 2.18. The molecule has 2 aromatic heterocycles. The molecule has 0 fully saturated rings. The molecule has 5 rings (SSSR count). The lowest BCUT2D eigenvalue weighted by atomic mass is 9.91. The van der Waals surface area contributed by atoms with Crippen molar-refractivity contribution in [2.75, 3.05) is 20.3 Å². The van der Waals surface area contributed by atoms with Crippen molar-refractivity contribution >= 4 is 27.8 Å². The molecule has 2 N–H and O–H groups in total. The molecule has 0 saturated heterocycles. The monoisotopic (exact) mass is 446 g/mol. The van der Waals surface area contributed by atoms with E-state index in [1.807, 2.05) is 36.5 Å². The zero-order valence-corrected chi connectivity index (χ0v) is 18.5. The Morgan fingerprint density at radius 1 is 1.06 bits per heavy atom. The quantitative estimate of drug-likeness (QED) is 0.420. The minimum atomic E-state index is -0.262. The van der Waals surface area contributed by atoms with Crippen LogP contribution in [0.2, 0.25) is 0 Å². The highest BCUT2D eigenvalue weighted by atomic mass is 16.5. The van der Waals surface area contributed by atoms with Gasteiger partial charge in [0.15, 0.2) is 6.61 Å². The maximum atomic E-state index is 12.3. The van der Waals surface area contributed by atoms with Crippen LogP contribution in [0.15, 0.2) is 51.8 Å². The predicted molar refractivity (Wildman–Crippen MR) is 126 cm³/mol. The number of ether oxygens (including phenoxy) is 2. The van der Waals surface area contributed by atoms with Crippen molar-refractivity contribution in [1.29, 1.82) is 0 Å². The number of hydrogen-bond donors (Lipinski definition) is 2. The number of carbonyl (C=O) groups excluding carboxylic acids is 1. The van der Waals surface area contributed by atoms with Gasteiger partial charge in [-0.2, -0.15) is 0 Å². The van der Waals surface area contributed by atoms with Crippen molar-refractivity contribution in [3.05, 3.63) is 69.7 Å². The van der Waals surface area contributed by atoms with E-state index in [-0.39, 0.29) is 18.1 Å². The van der Waals surface area contributed by atoms with Crippen molar-refractivity contribution in [2.45, 2.75) is 32.1 Å². The van der Waals surface area contributed by atoms with Gasteiger partial charge in [-0.15, -0.1) is 0 Å². The van der Waals surface area contributed by atoms with Crippen LogP contribution in [0.3, 0.4) is 0 Å². The summed E-state index contributed by atoms with van der Waals surface area (Å²) >= 11 is 0. The fraction of sp³-hybridized carbons (Fsp3) is 0.308. The van der Waals surface area contributed by atoms with E-state index >= 15 is 0 Å². The minimum absolute atomic E-state index is 0.109. The van der Waals surface area contributed by atoms with E-state index in [4.69, 9.17) is 13.9 Å². The lowest BCUT2D eigenvalue weighted by molar-refractivity contribution is -0.123. The van der Waals surface area contributed by atoms with Crippen LogP contribution in [-0.4, -0.2) is 31.2 Å². The Bertz CT molecular complexity index is 1380. The second-order valence-electron chi connectivity index (χ2n) is 8.33. The Morgan fingerprint density at radius 3 is 2.73 bits per heavy atom. The molecule has 1 amide bonds. The fourth-order valence-electron chi connectivity index (χ4n) is 4.54. The number of H-pyrrole nitrogens is 1. The number of amides is 1. The van der Waals surface area contributed by atoms with Gasteiger partial charge in [-0.1, -0.05) is 0 Å². The van der Waals surface area contributed by atoms with Crippen molar-refractivity contribution in [3.63, 3.8) is 0 Å². The van der Waals surface area contributed by atoms with Gasteiger partial charge in [-0.3, -0.25) is 4.79 Å². The highest BCUT2D eigenvalue weighted by Crippen LogP contribution is 2.29. The second-order valence-corrected chi connectivity index (χ2v) is 8.33. The fourth-order valence-corrected chi connectivity index (χ4v) is 4.54. The molecule has 33 heavy (non-hydrogen) atoms. The Labute approximate surface area is 190 Å². The van der Waals surface area contributed by atoms with Gasteiger partial charge in [0, 0.05) is 40.7 Å². The SMILES string of the molecule is COc1ccc2[nH]cc(CCNC(=O)COc3ccc4c5c(c(=O)oc4c3)CCCC5)c2c1. The number of carbonyl (C=O) groups is 1. The molecule has 1 aliphatic carbocycles. The molecule has 7 heteroatoms. The van der Waals surface area contributed by atoms with Crippen LogP contribution in [0.1, 0.15) is 29.5 Å². The summed E-state index contributed by atoms with van der Waals surface area (Å²) < 4.78 is 16.5. The van der Waals surface area contributed by atoms with Gasteiger partial charge in [-0.05, 0) is 73.6 Å². The first kappa shape index (κ1) is 21.1. The molecule has 0 aliphatic heterocycles. The van der Waals surface area contributed by atoms with Crippen molar-refractivity contribution in [3.8, 4) is 11.5 Å².